The number of carbonyl (C=O) groups excluding carboxylic acids is 1. The van der Waals surface area contributed by atoms with Gasteiger partial charge in [0.1, 0.15) is 18.2 Å². The summed E-state index contributed by atoms with van der Waals surface area (Å²) in [6, 6.07) is 12.6. The zero-order chi connectivity index (χ0) is 18.4. The summed E-state index contributed by atoms with van der Waals surface area (Å²) in [5.74, 6) is 0.128. The van der Waals surface area contributed by atoms with Crippen molar-refractivity contribution in [1.29, 1.82) is 0 Å². The monoisotopic (exact) mass is 358 g/mol. The highest BCUT2D eigenvalue weighted by atomic mass is 19.1. The maximum absolute atomic E-state index is 12.9. The second-order valence-corrected chi connectivity index (χ2v) is 6.43. The summed E-state index contributed by atoms with van der Waals surface area (Å²) in [5.41, 5.74) is 1.37. The molecule has 138 valence electrons. The van der Waals surface area contributed by atoms with Gasteiger partial charge in [0.2, 0.25) is 0 Å². The number of nitrogens with one attached hydrogen (secondary N) is 2. The van der Waals surface area contributed by atoms with Crippen LogP contribution in [0.3, 0.4) is 0 Å². The molecule has 3 N–H and O–H groups in total. The van der Waals surface area contributed by atoms with Gasteiger partial charge in [0.25, 0.3) is 5.91 Å². The highest BCUT2D eigenvalue weighted by Crippen LogP contribution is 2.15. The first-order chi connectivity index (χ1) is 12.6. The van der Waals surface area contributed by atoms with E-state index in [-0.39, 0.29) is 17.8 Å². The fourth-order valence-electron chi connectivity index (χ4n) is 2.88. The molecule has 0 aromatic heterocycles. The van der Waals surface area contributed by atoms with E-state index in [4.69, 9.17) is 4.74 Å². The van der Waals surface area contributed by atoms with Gasteiger partial charge in [-0.05, 0) is 61.3 Å². The van der Waals surface area contributed by atoms with Gasteiger partial charge in [-0.1, -0.05) is 12.1 Å². The molecule has 1 fully saturated rings. The van der Waals surface area contributed by atoms with E-state index in [0.29, 0.717) is 30.9 Å². The summed E-state index contributed by atoms with van der Waals surface area (Å²) in [6.45, 7) is 1.74. The van der Waals surface area contributed by atoms with Crippen molar-refractivity contribution >= 4 is 5.91 Å². The molecule has 1 saturated heterocycles. The topological polar surface area (TPSA) is 70.6 Å². The van der Waals surface area contributed by atoms with Gasteiger partial charge in [-0.15, -0.1) is 0 Å². The Balaban J connectivity index is 1.54. The molecule has 3 rings (SSSR count). The van der Waals surface area contributed by atoms with E-state index in [9.17, 15) is 14.3 Å². The van der Waals surface area contributed by atoms with Crippen molar-refractivity contribution in [1.82, 2.24) is 10.6 Å². The lowest BCUT2D eigenvalue weighted by Gasteiger charge is -2.21. The summed E-state index contributed by atoms with van der Waals surface area (Å²) < 4.78 is 18.5. The van der Waals surface area contributed by atoms with Crippen LogP contribution in [0.15, 0.2) is 48.5 Å². The molecule has 0 radical (unpaired) electrons. The molecule has 1 heterocycles. The Kier molecular flexibility index (Phi) is 6.20. The van der Waals surface area contributed by atoms with Crippen molar-refractivity contribution in [2.75, 3.05) is 13.1 Å². The van der Waals surface area contributed by atoms with Crippen LogP contribution in [0, 0.1) is 5.82 Å². The summed E-state index contributed by atoms with van der Waals surface area (Å²) in [6.07, 6.45) is 1.04. The number of ether oxygens (including phenoxy) is 1. The van der Waals surface area contributed by atoms with Crippen molar-refractivity contribution in [2.24, 2.45) is 0 Å². The SMILES string of the molecule is O=C(NC1CNCCCC1O)c1ccc(OCc2ccc(F)cc2)cc1. The standard InChI is InChI=1S/C20H23FN2O3/c21-16-7-3-14(4-8-16)13-26-17-9-5-15(6-10-17)20(25)23-18-12-22-11-1-2-19(18)24/h3-10,18-19,22,24H,1-2,11-13H2,(H,23,25). The van der Waals surface area contributed by atoms with Crippen LogP contribution >= 0.6 is 0 Å². The van der Waals surface area contributed by atoms with Gasteiger partial charge in [0, 0.05) is 12.1 Å². The third kappa shape index (κ3) is 5.03. The Morgan fingerprint density at radius 2 is 1.92 bits per heavy atom. The number of benzene rings is 2. The third-order valence-electron chi connectivity index (χ3n) is 4.43. The summed E-state index contributed by atoms with van der Waals surface area (Å²) in [7, 11) is 0. The van der Waals surface area contributed by atoms with Gasteiger partial charge in [0.15, 0.2) is 0 Å². The van der Waals surface area contributed by atoms with Gasteiger partial charge in [-0.2, -0.15) is 0 Å². The van der Waals surface area contributed by atoms with E-state index in [0.717, 1.165) is 18.5 Å². The Morgan fingerprint density at radius 1 is 1.19 bits per heavy atom. The van der Waals surface area contributed by atoms with E-state index in [1.807, 2.05) is 0 Å². The molecule has 2 atom stereocenters. The van der Waals surface area contributed by atoms with Gasteiger partial charge in [-0.25, -0.2) is 4.39 Å². The van der Waals surface area contributed by atoms with E-state index >= 15 is 0 Å². The maximum Gasteiger partial charge on any atom is 0.251 e. The third-order valence-corrected chi connectivity index (χ3v) is 4.43. The van der Waals surface area contributed by atoms with Gasteiger partial charge in [-0.3, -0.25) is 4.79 Å². The normalized spacial score (nSPS) is 20.2. The van der Waals surface area contributed by atoms with E-state index in [2.05, 4.69) is 10.6 Å². The Hall–Kier alpha value is -2.44. The number of halogens is 1. The lowest BCUT2D eigenvalue weighted by atomic mass is 10.1. The van der Waals surface area contributed by atoms with Crippen molar-refractivity contribution in [2.45, 2.75) is 31.6 Å². The molecule has 0 saturated carbocycles. The zero-order valence-electron chi connectivity index (χ0n) is 14.5. The Bertz CT molecular complexity index is 719. The molecule has 1 aliphatic heterocycles. The molecule has 1 amide bonds. The lowest BCUT2D eigenvalue weighted by Crippen LogP contribution is -2.47. The highest BCUT2D eigenvalue weighted by molar-refractivity contribution is 5.94. The molecular weight excluding hydrogens is 335 g/mol. The van der Waals surface area contributed by atoms with Crippen LogP contribution in [-0.4, -0.2) is 36.2 Å². The molecule has 26 heavy (non-hydrogen) atoms. The van der Waals surface area contributed by atoms with Crippen molar-refractivity contribution < 1.29 is 19.0 Å². The molecule has 0 spiro atoms. The van der Waals surface area contributed by atoms with Crippen LogP contribution < -0.4 is 15.4 Å². The quantitative estimate of drug-likeness (QED) is 0.767. The molecule has 6 heteroatoms. The number of amides is 1. The summed E-state index contributed by atoms with van der Waals surface area (Å²) >= 11 is 0. The number of carbonyl (C=O) groups is 1. The van der Waals surface area contributed by atoms with Crippen molar-refractivity contribution in [3.05, 3.63) is 65.5 Å². The second-order valence-electron chi connectivity index (χ2n) is 6.43. The van der Waals surface area contributed by atoms with Gasteiger partial charge < -0.3 is 20.5 Å². The molecule has 0 aliphatic carbocycles. The fraction of sp³-hybridized carbons (Fsp3) is 0.350. The largest absolute Gasteiger partial charge is 0.489 e. The minimum absolute atomic E-state index is 0.220. The van der Waals surface area contributed by atoms with Gasteiger partial charge in [0.05, 0.1) is 12.1 Å². The maximum atomic E-state index is 12.9. The molecule has 2 aromatic rings. The highest BCUT2D eigenvalue weighted by Gasteiger charge is 2.23. The van der Waals surface area contributed by atoms with Crippen LogP contribution in [0.4, 0.5) is 4.39 Å². The van der Waals surface area contributed by atoms with Crippen LogP contribution in [0.1, 0.15) is 28.8 Å². The predicted molar refractivity (Wildman–Crippen MR) is 96.5 cm³/mol. The number of aliphatic hydroxyl groups excluding tert-OH is 1. The first-order valence-electron chi connectivity index (χ1n) is 8.79. The number of aliphatic hydroxyl groups is 1. The number of rotatable bonds is 5. The summed E-state index contributed by atoms with van der Waals surface area (Å²) in [4.78, 5) is 12.4. The average Bonchev–Trinajstić information content (AvgIpc) is 2.86. The number of hydrogen-bond acceptors (Lipinski definition) is 4. The fourth-order valence-corrected chi connectivity index (χ4v) is 2.88. The van der Waals surface area contributed by atoms with E-state index in [1.54, 1.807) is 36.4 Å². The first kappa shape index (κ1) is 18.4. The molecule has 2 aromatic carbocycles. The van der Waals surface area contributed by atoms with Gasteiger partial charge >= 0.3 is 0 Å². The minimum Gasteiger partial charge on any atom is -0.489 e. The predicted octanol–water partition coefficient (Wildman–Crippen LogP) is 2.25. The minimum atomic E-state index is -0.535. The zero-order valence-corrected chi connectivity index (χ0v) is 14.5. The number of hydrogen-bond donors (Lipinski definition) is 3. The van der Waals surface area contributed by atoms with Crippen LogP contribution in [0.2, 0.25) is 0 Å². The molecule has 1 aliphatic rings. The van der Waals surface area contributed by atoms with Crippen molar-refractivity contribution in [3.63, 3.8) is 0 Å². The van der Waals surface area contributed by atoms with Crippen LogP contribution in [-0.2, 0) is 6.61 Å². The van der Waals surface area contributed by atoms with E-state index in [1.165, 1.54) is 12.1 Å². The van der Waals surface area contributed by atoms with Crippen LogP contribution in [0.25, 0.3) is 0 Å². The molecule has 2 unspecified atom stereocenters. The molecular formula is C20H23FN2O3. The Morgan fingerprint density at radius 3 is 2.65 bits per heavy atom. The van der Waals surface area contributed by atoms with Crippen molar-refractivity contribution in [3.8, 4) is 5.75 Å². The molecule has 0 bridgehead atoms. The Labute approximate surface area is 152 Å². The lowest BCUT2D eigenvalue weighted by molar-refractivity contribution is 0.0832. The van der Waals surface area contributed by atoms with Crippen LogP contribution in [0.5, 0.6) is 5.75 Å². The first-order valence-corrected chi connectivity index (χ1v) is 8.79. The summed E-state index contributed by atoms with van der Waals surface area (Å²) in [5, 5.41) is 16.2. The molecule has 5 nitrogen and oxygen atoms in total. The van der Waals surface area contributed by atoms with E-state index < -0.39 is 6.10 Å². The average molecular weight is 358 g/mol. The second kappa shape index (κ2) is 8.78. The smallest absolute Gasteiger partial charge is 0.251 e.